The van der Waals surface area contributed by atoms with Gasteiger partial charge in [0.2, 0.25) is 0 Å². The second kappa shape index (κ2) is 15.6. The summed E-state index contributed by atoms with van der Waals surface area (Å²) in [7, 11) is 0. The number of carboxylic acids is 2. The van der Waals surface area contributed by atoms with Crippen LogP contribution in [0, 0.1) is 45.8 Å². The van der Waals surface area contributed by atoms with Crippen LogP contribution in [0.25, 0.3) is 0 Å². The van der Waals surface area contributed by atoms with Crippen LogP contribution in [0.1, 0.15) is 111 Å². The molecular weight excluding hydrogens is 654 g/mol. The van der Waals surface area contributed by atoms with Crippen LogP contribution in [-0.4, -0.2) is 65.4 Å². The molecule has 6 aliphatic carbocycles. The maximum absolute atomic E-state index is 12.5. The molecule has 1 aliphatic heterocycles. The predicted molar refractivity (Wildman–Crippen MR) is 188 cm³/mol. The SMILES string of the molecule is C=C1CCC2C(C)(COC(=O)CCC(=O)O)C(OC(=O)CCC(=O)O)CCC2(C)C1/C=C/C1=CCOC1=O.CC(N)C12CC3CC(CC(C3)C1)C2. The third kappa shape index (κ3) is 8.61. The number of hydrogen-bond acceptors (Lipinski definition) is 9. The molecule has 1 heterocycles. The molecule has 6 saturated carbocycles. The summed E-state index contributed by atoms with van der Waals surface area (Å²) in [5.41, 5.74) is 7.10. The van der Waals surface area contributed by atoms with Crippen LogP contribution in [0.2, 0.25) is 0 Å². The lowest BCUT2D eigenvalue weighted by atomic mass is 9.46. The predicted octanol–water partition coefficient (Wildman–Crippen LogP) is 6.15. The van der Waals surface area contributed by atoms with E-state index in [1.54, 1.807) is 12.2 Å². The van der Waals surface area contributed by atoms with Crippen LogP contribution in [-0.2, 0) is 38.2 Å². The fourth-order valence-electron chi connectivity index (χ4n) is 11.0. The van der Waals surface area contributed by atoms with Gasteiger partial charge in [0, 0.05) is 17.4 Å². The first-order valence-electron chi connectivity index (χ1n) is 18.8. The summed E-state index contributed by atoms with van der Waals surface area (Å²) in [6.45, 7) is 10.7. The van der Waals surface area contributed by atoms with Crippen LogP contribution >= 0.6 is 0 Å². The topological polar surface area (TPSA) is 180 Å². The lowest BCUT2D eigenvalue weighted by Crippen LogP contribution is -2.58. The summed E-state index contributed by atoms with van der Waals surface area (Å²) >= 11 is 0. The largest absolute Gasteiger partial charge is 0.481 e. The van der Waals surface area contributed by atoms with Gasteiger partial charge < -0.3 is 30.2 Å². The number of carbonyl (C=O) groups is 5. The maximum Gasteiger partial charge on any atom is 0.338 e. The van der Waals surface area contributed by atoms with Crippen molar-refractivity contribution in [1.82, 2.24) is 0 Å². The van der Waals surface area contributed by atoms with Gasteiger partial charge in [0.25, 0.3) is 0 Å². The van der Waals surface area contributed by atoms with Crippen molar-refractivity contribution >= 4 is 29.8 Å². The van der Waals surface area contributed by atoms with E-state index in [9.17, 15) is 24.0 Å². The highest BCUT2D eigenvalue weighted by atomic mass is 16.6. The van der Waals surface area contributed by atoms with E-state index in [-0.39, 0.29) is 62.1 Å². The van der Waals surface area contributed by atoms with Gasteiger partial charge in [-0.15, -0.1) is 0 Å². The highest BCUT2D eigenvalue weighted by Crippen LogP contribution is 2.63. The van der Waals surface area contributed by atoms with Crippen LogP contribution in [0.15, 0.2) is 36.0 Å². The Morgan fingerprint density at radius 1 is 0.980 bits per heavy atom. The van der Waals surface area contributed by atoms with Crippen LogP contribution in [0.5, 0.6) is 0 Å². The second-order valence-corrected chi connectivity index (χ2v) is 16.9. The van der Waals surface area contributed by atoms with E-state index >= 15 is 0 Å². The van der Waals surface area contributed by atoms with Crippen molar-refractivity contribution in [3.05, 3.63) is 36.0 Å². The molecular formula is C40H57NO10. The van der Waals surface area contributed by atoms with Gasteiger partial charge in [-0.2, -0.15) is 0 Å². The molecule has 7 rings (SSSR count). The second-order valence-electron chi connectivity index (χ2n) is 16.9. The number of rotatable bonds is 12. The molecule has 0 amide bonds. The van der Waals surface area contributed by atoms with E-state index in [0.29, 0.717) is 42.7 Å². The minimum atomic E-state index is -1.11. The van der Waals surface area contributed by atoms with Gasteiger partial charge in [0.15, 0.2) is 0 Å². The van der Waals surface area contributed by atoms with E-state index in [0.717, 1.165) is 23.3 Å². The van der Waals surface area contributed by atoms with Crippen molar-refractivity contribution in [1.29, 1.82) is 0 Å². The third-order valence-electron chi connectivity index (χ3n) is 13.4. The number of aliphatic carboxylic acids is 2. The zero-order valence-electron chi connectivity index (χ0n) is 30.5. The molecule has 4 bridgehead atoms. The van der Waals surface area contributed by atoms with Gasteiger partial charge in [-0.05, 0) is 112 Å². The van der Waals surface area contributed by atoms with E-state index in [1.807, 2.05) is 13.0 Å². The Bertz CT molecular complexity index is 1410. The molecule has 51 heavy (non-hydrogen) atoms. The summed E-state index contributed by atoms with van der Waals surface area (Å²) in [4.78, 5) is 58.6. The molecule has 6 unspecified atom stereocenters. The number of esters is 3. The highest BCUT2D eigenvalue weighted by Gasteiger charge is 2.59. The van der Waals surface area contributed by atoms with Gasteiger partial charge in [-0.3, -0.25) is 19.2 Å². The fourth-order valence-corrected chi connectivity index (χ4v) is 11.0. The zero-order valence-corrected chi connectivity index (χ0v) is 30.5. The quantitative estimate of drug-likeness (QED) is 0.120. The first-order valence-corrected chi connectivity index (χ1v) is 18.8. The first kappa shape index (κ1) is 38.8. The summed E-state index contributed by atoms with van der Waals surface area (Å²) in [6, 6.07) is 0.445. The molecule has 0 aromatic rings. The molecule has 0 aromatic heterocycles. The summed E-state index contributed by atoms with van der Waals surface area (Å²) < 4.78 is 16.4. The summed E-state index contributed by atoms with van der Waals surface area (Å²) in [6.07, 6.45) is 15.1. The van der Waals surface area contributed by atoms with E-state index < -0.39 is 35.4 Å². The average Bonchev–Trinajstić information content (AvgIpc) is 3.46. The molecule has 11 nitrogen and oxygen atoms in total. The molecule has 0 radical (unpaired) electrons. The van der Waals surface area contributed by atoms with Gasteiger partial charge in [0.05, 0.1) is 31.3 Å². The number of cyclic esters (lactones) is 1. The lowest BCUT2D eigenvalue weighted by Gasteiger charge is -2.59. The Hall–Kier alpha value is -3.47. The molecule has 0 aromatic carbocycles. The Balaban J connectivity index is 0.000000318. The number of ether oxygens (including phenoxy) is 3. The molecule has 282 valence electrons. The number of carbonyl (C=O) groups excluding carboxylic acids is 3. The van der Waals surface area contributed by atoms with Gasteiger partial charge in [-0.25, -0.2) is 4.79 Å². The van der Waals surface area contributed by atoms with Gasteiger partial charge in [-0.1, -0.05) is 38.2 Å². The van der Waals surface area contributed by atoms with Crippen molar-refractivity contribution in [2.75, 3.05) is 13.2 Å². The summed E-state index contributed by atoms with van der Waals surface area (Å²) in [5, 5.41) is 17.8. The molecule has 0 spiro atoms. The van der Waals surface area contributed by atoms with Crippen LogP contribution in [0.3, 0.4) is 0 Å². The van der Waals surface area contributed by atoms with Crippen molar-refractivity contribution < 1.29 is 48.4 Å². The highest BCUT2D eigenvalue weighted by molar-refractivity contribution is 5.93. The van der Waals surface area contributed by atoms with Crippen molar-refractivity contribution in [3.63, 3.8) is 0 Å². The molecule has 6 fully saturated rings. The number of hydrogen-bond donors (Lipinski definition) is 3. The number of carboxylic acid groups (broad SMARTS) is 2. The Labute approximate surface area is 301 Å². The summed E-state index contributed by atoms with van der Waals surface area (Å²) in [5.74, 6) is -0.890. The molecule has 4 N–H and O–H groups in total. The molecule has 7 aliphatic rings. The molecule has 6 atom stereocenters. The zero-order chi connectivity index (χ0) is 37.1. The minimum Gasteiger partial charge on any atom is -0.481 e. The fraction of sp³-hybridized carbons (Fsp3) is 0.725. The number of fused-ring (bicyclic) bond motifs is 1. The maximum atomic E-state index is 12.5. The van der Waals surface area contributed by atoms with Crippen LogP contribution in [0.4, 0.5) is 0 Å². The lowest BCUT2D eigenvalue weighted by molar-refractivity contribution is -0.192. The average molecular weight is 712 g/mol. The smallest absolute Gasteiger partial charge is 0.338 e. The van der Waals surface area contributed by atoms with Crippen molar-refractivity contribution in [3.8, 4) is 0 Å². The van der Waals surface area contributed by atoms with Gasteiger partial charge >= 0.3 is 29.8 Å². The standard InChI is InChI=1S/C28H36O10.C12H21N/c1-17-4-7-20-27(2,19(17)6-5-18-13-15-36-26(18)35)14-12-21(38-25(34)11-9-23(31)32)28(20,3)16-37-24(33)10-8-22(29)30;1-8(13)12-5-9-2-10(6-12)4-11(3-9)7-12/h5-6,13,19-21H,1,4,7-12,14-16H2,2-3H3,(H,29,30)(H,31,32);8-11H,2-7,13H2,1H3/b6-5+;. The molecule has 0 saturated heterocycles. The van der Waals surface area contributed by atoms with E-state index in [1.165, 1.54) is 38.5 Å². The van der Waals surface area contributed by atoms with E-state index in [2.05, 4.69) is 20.4 Å². The normalized spacial score (nSPS) is 37.1. The Morgan fingerprint density at radius 3 is 2.10 bits per heavy atom. The van der Waals surface area contributed by atoms with Crippen LogP contribution < -0.4 is 5.73 Å². The minimum absolute atomic E-state index is 0.0804. The Kier molecular flexibility index (Phi) is 11.9. The first-order chi connectivity index (χ1) is 24.0. The number of nitrogens with two attached hydrogens (primary N) is 1. The third-order valence-corrected chi connectivity index (χ3v) is 13.4. The van der Waals surface area contributed by atoms with Crippen molar-refractivity contribution in [2.24, 2.45) is 51.6 Å². The Morgan fingerprint density at radius 2 is 1.57 bits per heavy atom. The number of allylic oxidation sites excluding steroid dienone is 2. The van der Waals surface area contributed by atoms with E-state index in [4.69, 9.17) is 30.2 Å². The molecule has 11 heteroatoms. The monoisotopic (exact) mass is 711 g/mol. The van der Waals surface area contributed by atoms with Crippen molar-refractivity contribution in [2.45, 2.75) is 123 Å². The van der Waals surface area contributed by atoms with Gasteiger partial charge in [0.1, 0.15) is 19.3 Å².